The van der Waals surface area contributed by atoms with E-state index in [0.717, 1.165) is 16.8 Å². The summed E-state index contributed by atoms with van der Waals surface area (Å²) >= 11 is 0. The van der Waals surface area contributed by atoms with Crippen molar-refractivity contribution in [1.29, 1.82) is 0 Å². The van der Waals surface area contributed by atoms with Gasteiger partial charge in [0.2, 0.25) is 11.2 Å². The molecule has 0 bridgehead atoms. The molecule has 6 nitrogen and oxygen atoms in total. The van der Waals surface area contributed by atoms with Gasteiger partial charge in [0, 0.05) is 6.07 Å². The number of carbonyl (C=O) groups excluding carboxylic acids is 1. The molecule has 3 aromatic carbocycles. The monoisotopic (exact) mass is 486 g/mol. The van der Waals surface area contributed by atoms with Crippen LogP contribution in [0.25, 0.3) is 21.7 Å². The highest BCUT2D eigenvalue weighted by molar-refractivity contribution is 5.84. The van der Waals surface area contributed by atoms with Crippen molar-refractivity contribution in [3.05, 3.63) is 76.6 Å². The molecule has 0 unspecified atom stereocenters. The van der Waals surface area contributed by atoms with Crippen molar-refractivity contribution >= 4 is 27.7 Å². The summed E-state index contributed by atoms with van der Waals surface area (Å²) in [7, 11) is 0. The van der Waals surface area contributed by atoms with Gasteiger partial charge in [-0.3, -0.25) is 4.79 Å². The van der Waals surface area contributed by atoms with Crippen LogP contribution in [0.5, 0.6) is 17.2 Å². The van der Waals surface area contributed by atoms with Gasteiger partial charge in [-0.1, -0.05) is 44.2 Å². The van der Waals surface area contributed by atoms with E-state index in [0.29, 0.717) is 0 Å². The van der Waals surface area contributed by atoms with E-state index in [9.17, 15) is 22.8 Å². The van der Waals surface area contributed by atoms with Gasteiger partial charge < -0.3 is 18.6 Å². The van der Waals surface area contributed by atoms with E-state index in [1.165, 1.54) is 24.3 Å². The summed E-state index contributed by atoms with van der Waals surface area (Å²) in [5, 5.41) is 1.46. The molecule has 182 valence electrons. The molecule has 0 aliphatic carbocycles. The van der Waals surface area contributed by atoms with Gasteiger partial charge in [0.05, 0.1) is 12.0 Å². The van der Waals surface area contributed by atoms with E-state index in [4.69, 9.17) is 18.6 Å². The predicted molar refractivity (Wildman–Crippen MR) is 123 cm³/mol. The second-order valence-corrected chi connectivity index (χ2v) is 8.22. The van der Waals surface area contributed by atoms with Gasteiger partial charge in [0.25, 0.3) is 5.76 Å². The first-order valence-corrected chi connectivity index (χ1v) is 10.7. The third kappa shape index (κ3) is 5.56. The van der Waals surface area contributed by atoms with Crippen molar-refractivity contribution in [2.75, 3.05) is 13.2 Å². The molecule has 1 heterocycles. The van der Waals surface area contributed by atoms with E-state index in [2.05, 4.69) is 0 Å². The molecular weight excluding hydrogens is 465 g/mol. The lowest BCUT2D eigenvalue weighted by Crippen LogP contribution is -2.17. The molecule has 0 aliphatic rings. The summed E-state index contributed by atoms with van der Waals surface area (Å²) in [5.74, 6) is -2.93. The highest BCUT2D eigenvalue weighted by atomic mass is 19.4. The molecule has 9 heteroatoms. The topological polar surface area (TPSA) is 75.0 Å². The van der Waals surface area contributed by atoms with Crippen LogP contribution in [0.1, 0.15) is 19.6 Å². The number of halogens is 3. The Morgan fingerprint density at radius 2 is 1.69 bits per heavy atom. The number of benzene rings is 3. The van der Waals surface area contributed by atoms with Gasteiger partial charge in [0.1, 0.15) is 17.1 Å². The fourth-order valence-corrected chi connectivity index (χ4v) is 3.32. The van der Waals surface area contributed by atoms with Crippen LogP contribution in [-0.4, -0.2) is 19.2 Å². The standard InChI is InChI=1S/C26H21F3O6/c1-15(2)13-33-22(30)14-32-18-9-10-20-21(12-18)35-25(26(27,28)29)24(23(20)31)34-19-8-7-16-5-3-4-6-17(16)11-19/h3-12,15H,13-14H2,1-2H3. The highest BCUT2D eigenvalue weighted by Gasteiger charge is 2.40. The first-order chi connectivity index (χ1) is 16.6. The molecule has 0 atom stereocenters. The molecule has 0 N–H and O–H groups in total. The lowest BCUT2D eigenvalue weighted by Gasteiger charge is -2.14. The molecule has 4 aromatic rings. The number of hydrogen-bond acceptors (Lipinski definition) is 6. The summed E-state index contributed by atoms with van der Waals surface area (Å²) in [4.78, 5) is 24.7. The predicted octanol–water partition coefficient (Wildman–Crippen LogP) is 6.34. The fraction of sp³-hybridized carbons (Fsp3) is 0.231. The smallest absolute Gasteiger partial charge is 0.453 e. The zero-order valence-corrected chi connectivity index (χ0v) is 18.8. The van der Waals surface area contributed by atoms with Crippen LogP contribution < -0.4 is 14.9 Å². The second kappa shape index (κ2) is 9.69. The van der Waals surface area contributed by atoms with Gasteiger partial charge in [-0.15, -0.1) is 0 Å². The molecule has 0 fully saturated rings. The van der Waals surface area contributed by atoms with Crippen LogP contribution in [0.3, 0.4) is 0 Å². The Labute approximate surface area is 197 Å². The number of rotatable bonds is 7. The maximum absolute atomic E-state index is 13.8. The lowest BCUT2D eigenvalue weighted by atomic mass is 10.1. The van der Waals surface area contributed by atoms with E-state index in [1.807, 2.05) is 26.0 Å². The third-order valence-electron chi connectivity index (χ3n) is 4.95. The largest absolute Gasteiger partial charge is 0.482 e. The Morgan fingerprint density at radius 3 is 2.40 bits per heavy atom. The van der Waals surface area contributed by atoms with Crippen LogP contribution in [-0.2, 0) is 15.7 Å². The highest BCUT2D eigenvalue weighted by Crippen LogP contribution is 2.39. The first kappa shape index (κ1) is 24.1. The molecular formula is C26H21F3O6. The molecule has 0 amide bonds. The molecule has 4 rings (SSSR count). The quantitative estimate of drug-likeness (QED) is 0.284. The zero-order chi connectivity index (χ0) is 25.2. The first-order valence-electron chi connectivity index (χ1n) is 10.7. The molecule has 0 radical (unpaired) electrons. The Bertz CT molecular complexity index is 1440. The third-order valence-corrected chi connectivity index (χ3v) is 4.95. The number of ether oxygens (including phenoxy) is 3. The number of esters is 1. The van der Waals surface area contributed by atoms with E-state index in [-0.39, 0.29) is 35.0 Å². The number of hydrogen-bond donors (Lipinski definition) is 0. The van der Waals surface area contributed by atoms with Gasteiger partial charge in [-0.25, -0.2) is 4.79 Å². The number of fused-ring (bicyclic) bond motifs is 2. The van der Waals surface area contributed by atoms with Crippen molar-refractivity contribution in [2.45, 2.75) is 20.0 Å². The van der Waals surface area contributed by atoms with Crippen molar-refractivity contribution in [2.24, 2.45) is 5.92 Å². The summed E-state index contributed by atoms with van der Waals surface area (Å²) in [5.41, 5.74) is -1.35. The average molecular weight is 486 g/mol. The van der Waals surface area contributed by atoms with Crippen LogP contribution in [0.15, 0.2) is 69.9 Å². The Balaban J connectivity index is 1.67. The van der Waals surface area contributed by atoms with Gasteiger partial charge >= 0.3 is 12.1 Å². The van der Waals surface area contributed by atoms with Crippen LogP contribution in [0, 0.1) is 5.92 Å². The fourth-order valence-electron chi connectivity index (χ4n) is 3.32. The molecule has 1 aromatic heterocycles. The van der Waals surface area contributed by atoms with E-state index in [1.54, 1.807) is 18.2 Å². The molecule has 0 spiro atoms. The minimum Gasteiger partial charge on any atom is -0.482 e. The summed E-state index contributed by atoms with van der Waals surface area (Å²) in [6.45, 7) is 3.51. The van der Waals surface area contributed by atoms with Crippen LogP contribution >= 0.6 is 0 Å². The normalized spacial score (nSPS) is 11.7. The van der Waals surface area contributed by atoms with Gasteiger partial charge in [0.15, 0.2) is 6.61 Å². The molecule has 0 saturated carbocycles. The summed E-state index contributed by atoms with van der Waals surface area (Å²) in [6, 6.07) is 15.6. The second-order valence-electron chi connectivity index (χ2n) is 8.22. The number of alkyl halides is 3. The van der Waals surface area contributed by atoms with Crippen molar-refractivity contribution in [3.8, 4) is 17.2 Å². The average Bonchev–Trinajstić information content (AvgIpc) is 2.82. The van der Waals surface area contributed by atoms with Crippen molar-refractivity contribution in [3.63, 3.8) is 0 Å². The summed E-state index contributed by atoms with van der Waals surface area (Å²) in [6.07, 6.45) is -5.00. The minimum atomic E-state index is -5.00. The summed E-state index contributed by atoms with van der Waals surface area (Å²) < 4.78 is 62.2. The van der Waals surface area contributed by atoms with Gasteiger partial charge in [-0.2, -0.15) is 13.2 Å². The Kier molecular flexibility index (Phi) is 6.68. The zero-order valence-electron chi connectivity index (χ0n) is 18.8. The van der Waals surface area contributed by atoms with E-state index >= 15 is 0 Å². The van der Waals surface area contributed by atoms with Crippen molar-refractivity contribution in [1.82, 2.24) is 0 Å². The van der Waals surface area contributed by atoms with Crippen molar-refractivity contribution < 1.29 is 36.6 Å². The Morgan fingerprint density at radius 1 is 0.971 bits per heavy atom. The van der Waals surface area contributed by atoms with Crippen LogP contribution in [0.4, 0.5) is 13.2 Å². The molecule has 0 saturated heterocycles. The minimum absolute atomic E-state index is 0.0402. The number of carbonyl (C=O) groups is 1. The maximum atomic E-state index is 13.8. The van der Waals surface area contributed by atoms with Crippen LogP contribution in [0.2, 0.25) is 0 Å². The molecule has 0 aliphatic heterocycles. The maximum Gasteiger partial charge on any atom is 0.453 e. The van der Waals surface area contributed by atoms with Gasteiger partial charge in [-0.05, 0) is 41.0 Å². The lowest BCUT2D eigenvalue weighted by molar-refractivity contribution is -0.154. The van der Waals surface area contributed by atoms with E-state index < -0.39 is 35.7 Å². The Hall–Kier alpha value is -4.01. The molecule has 35 heavy (non-hydrogen) atoms. The SMILES string of the molecule is CC(C)COC(=O)COc1ccc2c(=O)c(Oc3ccc4ccccc4c3)c(C(F)(F)F)oc2c1.